The molecule has 0 saturated heterocycles. The summed E-state index contributed by atoms with van der Waals surface area (Å²) in [5, 5.41) is 31.5. The van der Waals surface area contributed by atoms with E-state index in [1.165, 1.54) is 6.07 Å². The number of phenolic OH excluding ortho intramolecular Hbond substituents is 3. The number of phenols is 3. The Kier molecular flexibility index (Phi) is 3.97. The van der Waals surface area contributed by atoms with E-state index in [4.69, 9.17) is 4.42 Å². The smallest absolute Gasteiger partial charge is 0.200 e. The average Bonchev–Trinajstić information content (AvgIpc) is 2.88. The van der Waals surface area contributed by atoms with Crippen molar-refractivity contribution >= 4 is 0 Å². The number of hydrogen-bond acceptors (Lipinski definition) is 5. The Hall–Kier alpha value is -2.14. The third-order valence-electron chi connectivity index (χ3n) is 2.94. The summed E-state index contributed by atoms with van der Waals surface area (Å²) >= 11 is 0. The number of benzene rings is 1. The fourth-order valence-electron chi connectivity index (χ4n) is 1.84. The van der Waals surface area contributed by atoms with Crippen molar-refractivity contribution in [1.82, 2.24) is 5.32 Å². The van der Waals surface area contributed by atoms with Crippen molar-refractivity contribution in [3.05, 3.63) is 41.9 Å². The zero-order chi connectivity index (χ0) is 13.8. The van der Waals surface area contributed by atoms with E-state index in [0.717, 1.165) is 12.2 Å². The van der Waals surface area contributed by atoms with Gasteiger partial charge in [0.25, 0.3) is 0 Å². The molecule has 0 saturated carbocycles. The molecule has 0 spiro atoms. The molecule has 1 aromatic heterocycles. The number of nitrogens with one attached hydrogen (secondary N) is 1. The van der Waals surface area contributed by atoms with Crippen LogP contribution in [-0.2, 0) is 13.0 Å². The van der Waals surface area contributed by atoms with E-state index in [2.05, 4.69) is 5.32 Å². The Bertz CT molecular complexity index is 537. The standard InChI is InChI=1S/C14H17NO4/c1-9(7-11-3-2-6-19-11)15-8-10-4-5-12(16)14(18)13(10)17/h2-6,9,15-18H,7-8H2,1H3. The highest BCUT2D eigenvalue weighted by atomic mass is 16.3. The minimum absolute atomic E-state index is 0.154. The molecule has 0 fully saturated rings. The van der Waals surface area contributed by atoms with E-state index in [9.17, 15) is 15.3 Å². The fraction of sp³-hybridized carbons (Fsp3) is 0.286. The van der Waals surface area contributed by atoms with Gasteiger partial charge >= 0.3 is 0 Å². The van der Waals surface area contributed by atoms with Gasteiger partial charge in [0.15, 0.2) is 11.5 Å². The summed E-state index contributed by atoms with van der Waals surface area (Å²) in [5.41, 5.74) is 0.529. The highest BCUT2D eigenvalue weighted by molar-refractivity contribution is 5.53. The minimum atomic E-state index is -0.488. The number of rotatable bonds is 5. The second-order valence-electron chi connectivity index (χ2n) is 4.51. The predicted molar refractivity (Wildman–Crippen MR) is 70.2 cm³/mol. The molecule has 1 unspecified atom stereocenters. The van der Waals surface area contributed by atoms with Crippen LogP contribution in [0.4, 0.5) is 0 Å². The lowest BCUT2D eigenvalue weighted by molar-refractivity contribution is 0.363. The van der Waals surface area contributed by atoms with Gasteiger partial charge in [0.2, 0.25) is 5.75 Å². The zero-order valence-corrected chi connectivity index (χ0v) is 10.6. The van der Waals surface area contributed by atoms with Gasteiger partial charge in [0.05, 0.1) is 6.26 Å². The second kappa shape index (κ2) is 5.67. The molecule has 0 aliphatic carbocycles. The van der Waals surface area contributed by atoms with Crippen molar-refractivity contribution in [2.75, 3.05) is 0 Å². The molecule has 0 aliphatic heterocycles. The monoisotopic (exact) mass is 263 g/mol. The Morgan fingerprint density at radius 2 is 1.95 bits per heavy atom. The SMILES string of the molecule is CC(Cc1ccco1)NCc1ccc(O)c(O)c1O. The molecule has 102 valence electrons. The largest absolute Gasteiger partial charge is 0.504 e. The van der Waals surface area contributed by atoms with Gasteiger partial charge in [-0.2, -0.15) is 0 Å². The van der Waals surface area contributed by atoms with E-state index < -0.39 is 5.75 Å². The van der Waals surface area contributed by atoms with Gasteiger partial charge in [-0.15, -0.1) is 0 Å². The molecule has 0 bridgehead atoms. The summed E-state index contributed by atoms with van der Waals surface area (Å²) in [6, 6.07) is 6.82. The van der Waals surface area contributed by atoms with Crippen LogP contribution in [0.15, 0.2) is 34.9 Å². The van der Waals surface area contributed by atoms with Crippen LogP contribution in [0.1, 0.15) is 18.2 Å². The van der Waals surface area contributed by atoms with Crippen LogP contribution in [0.5, 0.6) is 17.2 Å². The maximum Gasteiger partial charge on any atom is 0.200 e. The molecule has 0 aliphatic rings. The first kappa shape index (κ1) is 13.3. The normalized spacial score (nSPS) is 12.5. The van der Waals surface area contributed by atoms with Crippen molar-refractivity contribution in [2.24, 2.45) is 0 Å². The van der Waals surface area contributed by atoms with Crippen molar-refractivity contribution in [3.8, 4) is 17.2 Å². The fourth-order valence-corrected chi connectivity index (χ4v) is 1.84. The Labute approximate surface area is 111 Å². The van der Waals surface area contributed by atoms with Crippen LogP contribution in [0, 0.1) is 0 Å². The summed E-state index contributed by atoms with van der Waals surface area (Å²) in [7, 11) is 0. The van der Waals surface area contributed by atoms with Gasteiger partial charge in [-0.3, -0.25) is 0 Å². The van der Waals surface area contributed by atoms with E-state index >= 15 is 0 Å². The molecule has 2 rings (SSSR count). The molecule has 1 heterocycles. The van der Waals surface area contributed by atoms with Gasteiger partial charge < -0.3 is 25.1 Å². The molecule has 0 amide bonds. The first-order valence-electron chi connectivity index (χ1n) is 6.06. The van der Waals surface area contributed by atoms with Crippen LogP contribution in [0.25, 0.3) is 0 Å². The summed E-state index contributed by atoms with van der Waals surface area (Å²) in [6.07, 6.45) is 2.36. The van der Waals surface area contributed by atoms with Crippen LogP contribution < -0.4 is 5.32 Å². The van der Waals surface area contributed by atoms with E-state index in [1.54, 1.807) is 12.3 Å². The predicted octanol–water partition coefficient (Wildman–Crippen LogP) is 2.12. The highest BCUT2D eigenvalue weighted by Crippen LogP contribution is 2.36. The maximum absolute atomic E-state index is 9.68. The number of furan rings is 1. The summed E-state index contributed by atoms with van der Waals surface area (Å²) < 4.78 is 5.25. The van der Waals surface area contributed by atoms with Crippen molar-refractivity contribution in [3.63, 3.8) is 0 Å². The molecular weight excluding hydrogens is 246 g/mol. The Balaban J connectivity index is 1.93. The number of hydrogen-bond donors (Lipinski definition) is 4. The first-order chi connectivity index (χ1) is 9.08. The van der Waals surface area contributed by atoms with E-state index in [1.807, 2.05) is 19.1 Å². The van der Waals surface area contributed by atoms with E-state index in [0.29, 0.717) is 12.1 Å². The lowest BCUT2D eigenvalue weighted by Crippen LogP contribution is -2.27. The molecule has 19 heavy (non-hydrogen) atoms. The molecule has 1 aromatic carbocycles. The van der Waals surface area contributed by atoms with Crippen molar-refractivity contribution in [2.45, 2.75) is 25.9 Å². The molecule has 5 nitrogen and oxygen atoms in total. The molecule has 0 radical (unpaired) electrons. The topological polar surface area (TPSA) is 85.9 Å². The summed E-state index contributed by atoms with van der Waals surface area (Å²) in [5.74, 6) is -0.224. The number of aromatic hydroxyl groups is 3. The Morgan fingerprint density at radius 1 is 1.16 bits per heavy atom. The van der Waals surface area contributed by atoms with Crippen LogP contribution in [0.3, 0.4) is 0 Å². The molecular formula is C14H17NO4. The third-order valence-corrected chi connectivity index (χ3v) is 2.94. The van der Waals surface area contributed by atoms with Crippen LogP contribution in [0.2, 0.25) is 0 Å². The third kappa shape index (κ3) is 3.20. The second-order valence-corrected chi connectivity index (χ2v) is 4.51. The van der Waals surface area contributed by atoms with Gasteiger partial charge in [0, 0.05) is 24.6 Å². The maximum atomic E-state index is 9.68. The summed E-state index contributed by atoms with van der Waals surface area (Å²) in [4.78, 5) is 0. The van der Waals surface area contributed by atoms with Gasteiger partial charge in [-0.1, -0.05) is 6.07 Å². The van der Waals surface area contributed by atoms with E-state index in [-0.39, 0.29) is 17.5 Å². The van der Waals surface area contributed by atoms with Gasteiger partial charge in [-0.25, -0.2) is 0 Å². The average molecular weight is 263 g/mol. The van der Waals surface area contributed by atoms with Crippen molar-refractivity contribution < 1.29 is 19.7 Å². The highest BCUT2D eigenvalue weighted by Gasteiger charge is 2.12. The van der Waals surface area contributed by atoms with Crippen molar-refractivity contribution in [1.29, 1.82) is 0 Å². The Morgan fingerprint density at radius 3 is 2.63 bits per heavy atom. The minimum Gasteiger partial charge on any atom is -0.504 e. The lowest BCUT2D eigenvalue weighted by atomic mass is 10.1. The molecule has 5 heteroatoms. The first-order valence-corrected chi connectivity index (χ1v) is 6.06. The molecule has 2 aromatic rings. The summed E-state index contributed by atoms with van der Waals surface area (Å²) in [6.45, 7) is 2.39. The van der Waals surface area contributed by atoms with Crippen LogP contribution >= 0.6 is 0 Å². The van der Waals surface area contributed by atoms with Crippen LogP contribution in [-0.4, -0.2) is 21.4 Å². The molecule has 4 N–H and O–H groups in total. The van der Waals surface area contributed by atoms with Gasteiger partial charge in [-0.05, 0) is 25.1 Å². The quantitative estimate of drug-likeness (QED) is 0.621. The zero-order valence-electron chi connectivity index (χ0n) is 10.6. The van der Waals surface area contributed by atoms with Gasteiger partial charge in [0.1, 0.15) is 5.76 Å². The lowest BCUT2D eigenvalue weighted by Gasteiger charge is -2.14. The molecule has 1 atom stereocenters.